The van der Waals surface area contributed by atoms with Crippen LogP contribution in [0, 0.1) is 11.3 Å². The standard InChI is InChI=1S/C15H13Cl2F3N4O3S/c1-4-27-14-13(28(3,25)26)11(7-21)24(22-2)23(14)12-9(16)5-8(6-10(12)17)15(18,19)20/h5-6,11H,2,4H2,1,3H3. The molecule has 0 aromatic heterocycles. The van der Waals surface area contributed by atoms with Gasteiger partial charge in [-0.1, -0.05) is 23.2 Å². The van der Waals surface area contributed by atoms with Crippen molar-refractivity contribution in [3.05, 3.63) is 38.5 Å². The van der Waals surface area contributed by atoms with Crippen molar-refractivity contribution >= 4 is 45.4 Å². The molecule has 2 rings (SSSR count). The molecule has 0 aliphatic carbocycles. The quantitative estimate of drug-likeness (QED) is 0.626. The number of ether oxygens (including phenoxy) is 1. The molecular weight excluding hydrogens is 444 g/mol. The van der Waals surface area contributed by atoms with Crippen LogP contribution in [-0.4, -0.2) is 39.2 Å². The smallest absolute Gasteiger partial charge is 0.416 e. The average Bonchev–Trinajstić information content (AvgIpc) is 2.87. The van der Waals surface area contributed by atoms with E-state index in [1.807, 2.05) is 0 Å². The molecule has 1 unspecified atom stereocenters. The van der Waals surface area contributed by atoms with Crippen LogP contribution in [0.4, 0.5) is 18.9 Å². The molecular formula is C15H13Cl2F3N4O3S. The summed E-state index contributed by atoms with van der Waals surface area (Å²) >= 11 is 12.1. The number of nitriles is 1. The first-order valence-corrected chi connectivity index (χ1v) is 10.1. The molecule has 0 amide bonds. The number of hydrazine groups is 1. The van der Waals surface area contributed by atoms with E-state index in [-0.39, 0.29) is 18.2 Å². The number of hydrogen-bond donors (Lipinski definition) is 0. The van der Waals surface area contributed by atoms with Crippen molar-refractivity contribution in [3.63, 3.8) is 0 Å². The average molecular weight is 457 g/mol. The van der Waals surface area contributed by atoms with Crippen molar-refractivity contribution < 1.29 is 26.3 Å². The Morgan fingerprint density at radius 1 is 1.36 bits per heavy atom. The topological polar surface area (TPSA) is 86.0 Å². The van der Waals surface area contributed by atoms with Crippen LogP contribution in [0.5, 0.6) is 0 Å². The van der Waals surface area contributed by atoms with Gasteiger partial charge in [0.05, 0.1) is 28.3 Å². The van der Waals surface area contributed by atoms with Crippen LogP contribution in [0.15, 0.2) is 28.0 Å². The van der Waals surface area contributed by atoms with Crippen molar-refractivity contribution in [2.75, 3.05) is 17.9 Å². The largest absolute Gasteiger partial charge is 0.477 e. The normalized spacial score (nSPS) is 17.7. The molecule has 1 aliphatic rings. The van der Waals surface area contributed by atoms with Crippen molar-refractivity contribution in [3.8, 4) is 6.07 Å². The van der Waals surface area contributed by atoms with Gasteiger partial charge in [0.2, 0.25) is 5.88 Å². The molecule has 0 radical (unpaired) electrons. The first-order chi connectivity index (χ1) is 12.9. The molecule has 7 nitrogen and oxygen atoms in total. The molecule has 28 heavy (non-hydrogen) atoms. The number of sulfone groups is 1. The zero-order valence-electron chi connectivity index (χ0n) is 14.5. The molecule has 0 saturated heterocycles. The molecule has 0 bridgehead atoms. The molecule has 0 N–H and O–H groups in total. The number of hydrazone groups is 1. The van der Waals surface area contributed by atoms with Crippen molar-refractivity contribution in [1.82, 2.24) is 5.12 Å². The third kappa shape index (κ3) is 3.85. The summed E-state index contributed by atoms with van der Waals surface area (Å²) in [4.78, 5) is -0.448. The van der Waals surface area contributed by atoms with Gasteiger partial charge in [-0.25, -0.2) is 8.42 Å². The first kappa shape index (κ1) is 22.1. The van der Waals surface area contributed by atoms with Gasteiger partial charge in [0, 0.05) is 13.0 Å². The molecule has 1 atom stereocenters. The van der Waals surface area contributed by atoms with E-state index in [4.69, 9.17) is 27.9 Å². The molecule has 152 valence electrons. The Balaban J connectivity index is 2.83. The van der Waals surface area contributed by atoms with E-state index in [2.05, 4.69) is 11.8 Å². The minimum absolute atomic E-state index is 0.0240. The highest BCUT2D eigenvalue weighted by Gasteiger charge is 2.47. The van der Waals surface area contributed by atoms with Gasteiger partial charge in [-0.3, -0.25) is 0 Å². The predicted octanol–water partition coefficient (Wildman–Crippen LogP) is 3.81. The lowest BCUT2D eigenvalue weighted by molar-refractivity contribution is -0.137. The van der Waals surface area contributed by atoms with Crippen molar-refractivity contribution in [2.45, 2.75) is 19.1 Å². The zero-order chi connectivity index (χ0) is 21.4. The molecule has 1 aromatic rings. The van der Waals surface area contributed by atoms with Crippen molar-refractivity contribution in [1.29, 1.82) is 5.26 Å². The van der Waals surface area contributed by atoms with Gasteiger partial charge in [-0.05, 0) is 19.1 Å². The van der Waals surface area contributed by atoms with Crippen molar-refractivity contribution in [2.24, 2.45) is 5.10 Å². The summed E-state index contributed by atoms with van der Waals surface area (Å²) in [6, 6.07) is 1.51. The molecule has 1 heterocycles. The summed E-state index contributed by atoms with van der Waals surface area (Å²) in [7, 11) is -3.98. The predicted molar refractivity (Wildman–Crippen MR) is 98.2 cm³/mol. The molecule has 13 heteroatoms. The van der Waals surface area contributed by atoms with Crippen LogP contribution in [0.25, 0.3) is 0 Å². The van der Waals surface area contributed by atoms with Crippen LogP contribution in [0.1, 0.15) is 12.5 Å². The minimum Gasteiger partial charge on any atom is -0.477 e. The van der Waals surface area contributed by atoms with E-state index < -0.39 is 42.6 Å². The summed E-state index contributed by atoms with van der Waals surface area (Å²) in [5.74, 6) is -0.354. The van der Waals surface area contributed by atoms with E-state index in [9.17, 15) is 26.9 Å². The van der Waals surface area contributed by atoms with Gasteiger partial charge in [0.25, 0.3) is 0 Å². The third-order valence-electron chi connectivity index (χ3n) is 3.59. The van der Waals surface area contributed by atoms with E-state index in [1.165, 1.54) is 0 Å². The number of halogens is 5. The van der Waals surface area contributed by atoms with Gasteiger partial charge < -0.3 is 4.74 Å². The number of benzene rings is 1. The van der Waals surface area contributed by atoms with Crippen LogP contribution >= 0.6 is 23.2 Å². The van der Waals surface area contributed by atoms with Crippen LogP contribution < -0.4 is 5.01 Å². The first-order valence-electron chi connectivity index (χ1n) is 7.47. The maximum atomic E-state index is 13.0. The van der Waals surface area contributed by atoms with Gasteiger partial charge in [0.1, 0.15) is 10.6 Å². The third-order valence-corrected chi connectivity index (χ3v) is 5.36. The van der Waals surface area contributed by atoms with Crippen LogP contribution in [-0.2, 0) is 20.8 Å². The molecule has 1 aromatic carbocycles. The Hall–Kier alpha value is -2.16. The molecule has 0 saturated carbocycles. The highest BCUT2D eigenvalue weighted by Crippen LogP contribution is 2.46. The Bertz CT molecular complexity index is 966. The van der Waals surface area contributed by atoms with Gasteiger partial charge in [-0.2, -0.15) is 33.7 Å². The second kappa shape index (κ2) is 7.69. The molecule has 0 spiro atoms. The van der Waals surface area contributed by atoms with E-state index in [0.29, 0.717) is 12.1 Å². The molecule has 0 fully saturated rings. The maximum Gasteiger partial charge on any atom is 0.416 e. The Morgan fingerprint density at radius 2 is 1.89 bits per heavy atom. The fourth-order valence-corrected chi connectivity index (χ4v) is 4.22. The highest BCUT2D eigenvalue weighted by molar-refractivity contribution is 7.94. The van der Waals surface area contributed by atoms with Crippen LogP contribution in [0.3, 0.4) is 0 Å². The van der Waals surface area contributed by atoms with E-state index in [0.717, 1.165) is 16.4 Å². The Kier molecular flexibility index (Phi) is 6.08. The zero-order valence-corrected chi connectivity index (χ0v) is 16.8. The lowest BCUT2D eigenvalue weighted by Crippen LogP contribution is -2.39. The Labute approximate surface area is 169 Å². The summed E-state index contributed by atoms with van der Waals surface area (Å²) in [6.07, 6.45) is -3.86. The maximum absolute atomic E-state index is 13.0. The fourth-order valence-electron chi connectivity index (χ4n) is 2.56. The highest BCUT2D eigenvalue weighted by atomic mass is 35.5. The number of alkyl halides is 3. The minimum atomic E-state index is -4.71. The molecule has 1 aliphatic heterocycles. The number of hydrogen-bond acceptors (Lipinski definition) is 7. The van der Waals surface area contributed by atoms with E-state index in [1.54, 1.807) is 13.0 Å². The van der Waals surface area contributed by atoms with Gasteiger partial charge in [-0.15, -0.1) is 0 Å². The summed E-state index contributed by atoms with van der Waals surface area (Å²) in [5.41, 5.74) is -1.35. The van der Waals surface area contributed by atoms with E-state index >= 15 is 0 Å². The lowest BCUT2D eigenvalue weighted by atomic mass is 10.2. The fraction of sp³-hybridized carbons (Fsp3) is 0.333. The monoisotopic (exact) mass is 456 g/mol. The number of anilines is 1. The SMILES string of the molecule is C=NN1C(C#N)C(S(C)(=O)=O)=C(OCC)N1c1c(Cl)cc(C(F)(F)F)cc1Cl. The summed E-state index contributed by atoms with van der Waals surface area (Å²) in [6.45, 7) is 4.81. The second-order valence-corrected chi connectivity index (χ2v) is 8.26. The lowest BCUT2D eigenvalue weighted by Gasteiger charge is -2.31. The van der Waals surface area contributed by atoms with Gasteiger partial charge >= 0.3 is 6.18 Å². The summed E-state index contributed by atoms with van der Waals surface area (Å²) in [5, 5.41) is 13.9. The Morgan fingerprint density at radius 3 is 2.25 bits per heavy atom. The van der Waals surface area contributed by atoms with Gasteiger partial charge in [0.15, 0.2) is 15.9 Å². The van der Waals surface area contributed by atoms with Crippen LogP contribution in [0.2, 0.25) is 10.0 Å². The summed E-state index contributed by atoms with van der Waals surface area (Å²) < 4.78 is 68.9. The second-order valence-electron chi connectivity index (χ2n) is 5.47. The number of nitrogens with zero attached hydrogens (tertiary/aromatic N) is 4. The number of rotatable bonds is 5.